The molecule has 6 heteroatoms. The molecule has 1 fully saturated rings. The summed E-state index contributed by atoms with van der Waals surface area (Å²) in [5.74, 6) is 1.71. The largest absolute Gasteiger partial charge is 0.496 e. The first-order chi connectivity index (χ1) is 14.0. The molecule has 1 atom stereocenters. The number of piperidine rings is 1. The molecule has 1 aliphatic rings. The fraction of sp³-hybridized carbons (Fsp3) is 0.565. The predicted octanol–water partition coefficient (Wildman–Crippen LogP) is 3.72. The molecule has 158 valence electrons. The molecule has 1 amide bonds. The number of carbonyl (C=O) groups excluding carboxylic acids is 1. The van der Waals surface area contributed by atoms with E-state index in [1.54, 1.807) is 18.4 Å². The Morgan fingerprint density at radius 1 is 1.34 bits per heavy atom. The minimum Gasteiger partial charge on any atom is -0.496 e. The van der Waals surface area contributed by atoms with Crippen LogP contribution in [-0.2, 0) is 17.6 Å². The van der Waals surface area contributed by atoms with Gasteiger partial charge in [0.05, 0.1) is 24.2 Å². The third-order valence-electron chi connectivity index (χ3n) is 5.76. The van der Waals surface area contributed by atoms with Gasteiger partial charge in [-0.25, -0.2) is 4.98 Å². The molecule has 0 bridgehead atoms. The van der Waals surface area contributed by atoms with Gasteiger partial charge in [-0.1, -0.05) is 18.2 Å². The lowest BCUT2D eigenvalue weighted by Gasteiger charge is -2.34. The van der Waals surface area contributed by atoms with Gasteiger partial charge in [0.1, 0.15) is 5.75 Å². The monoisotopic (exact) mass is 415 g/mol. The summed E-state index contributed by atoms with van der Waals surface area (Å²) in [6, 6.07) is 8.27. The zero-order valence-electron chi connectivity index (χ0n) is 18.1. The third kappa shape index (κ3) is 6.03. The van der Waals surface area contributed by atoms with Gasteiger partial charge >= 0.3 is 0 Å². The predicted molar refractivity (Wildman–Crippen MR) is 119 cm³/mol. The quantitative estimate of drug-likeness (QED) is 0.659. The molecule has 0 unspecified atom stereocenters. The van der Waals surface area contributed by atoms with Gasteiger partial charge in [0, 0.05) is 31.6 Å². The molecule has 2 heterocycles. The van der Waals surface area contributed by atoms with Crippen molar-refractivity contribution in [3.63, 3.8) is 0 Å². The summed E-state index contributed by atoms with van der Waals surface area (Å²) in [6.45, 7) is 8.06. The molecule has 0 spiro atoms. The van der Waals surface area contributed by atoms with Gasteiger partial charge in [-0.2, -0.15) is 0 Å². The molecular weight excluding hydrogens is 382 g/mol. The highest BCUT2D eigenvalue weighted by atomic mass is 32.1. The van der Waals surface area contributed by atoms with E-state index in [4.69, 9.17) is 4.74 Å². The van der Waals surface area contributed by atoms with Gasteiger partial charge in [-0.15, -0.1) is 11.3 Å². The lowest BCUT2D eigenvalue weighted by molar-refractivity contribution is -0.129. The van der Waals surface area contributed by atoms with Crippen molar-refractivity contribution in [1.82, 2.24) is 14.8 Å². The molecule has 1 aromatic heterocycles. The molecular formula is C23H33N3O2S. The van der Waals surface area contributed by atoms with Crippen molar-refractivity contribution in [3.05, 3.63) is 45.4 Å². The van der Waals surface area contributed by atoms with E-state index in [9.17, 15) is 4.79 Å². The number of aryl methyl sites for hydroxylation is 2. The number of likely N-dealkylation sites (N-methyl/N-ethyl adjacent to an activating group) is 1. The van der Waals surface area contributed by atoms with Crippen LogP contribution in [0.5, 0.6) is 5.75 Å². The van der Waals surface area contributed by atoms with E-state index in [-0.39, 0.29) is 5.91 Å². The van der Waals surface area contributed by atoms with Crippen molar-refractivity contribution >= 4 is 17.2 Å². The number of carbonyl (C=O) groups is 1. The van der Waals surface area contributed by atoms with Gasteiger partial charge in [0.25, 0.3) is 0 Å². The Kier molecular flexibility index (Phi) is 7.67. The summed E-state index contributed by atoms with van der Waals surface area (Å²) in [4.78, 5) is 22.7. The van der Waals surface area contributed by atoms with E-state index >= 15 is 0 Å². The normalized spacial score (nSPS) is 17.3. The van der Waals surface area contributed by atoms with E-state index in [1.165, 1.54) is 18.4 Å². The molecule has 5 nitrogen and oxygen atoms in total. The number of methoxy groups -OCH3 is 1. The van der Waals surface area contributed by atoms with Gasteiger partial charge in [0.15, 0.2) is 0 Å². The Morgan fingerprint density at radius 2 is 2.14 bits per heavy atom. The molecule has 0 radical (unpaired) electrons. The van der Waals surface area contributed by atoms with Crippen molar-refractivity contribution in [2.45, 2.75) is 39.5 Å². The summed E-state index contributed by atoms with van der Waals surface area (Å²) in [5, 5.41) is 1.03. The molecule has 1 aromatic carbocycles. The van der Waals surface area contributed by atoms with Crippen LogP contribution in [-0.4, -0.2) is 61.0 Å². The number of hydrogen-bond acceptors (Lipinski definition) is 5. The maximum atomic E-state index is 12.7. The summed E-state index contributed by atoms with van der Waals surface area (Å²) in [5.41, 5.74) is 2.26. The average molecular weight is 416 g/mol. The lowest BCUT2D eigenvalue weighted by Crippen LogP contribution is -2.42. The molecule has 1 saturated heterocycles. The summed E-state index contributed by atoms with van der Waals surface area (Å²) >= 11 is 1.64. The SMILES string of the molecule is COc1ccccc1CCN1CCC[C@@H](CN(C)C(=O)Cc2sc(C)nc2C)C1. The standard InChI is InChI=1S/C23H33N3O2S/c1-17-22(29-18(2)24-17)14-23(27)25(3)15-19-8-7-12-26(16-19)13-11-20-9-5-6-10-21(20)28-4/h5-6,9-10,19H,7-8,11-16H2,1-4H3/t19-/m0/s1. The highest BCUT2D eigenvalue weighted by molar-refractivity contribution is 7.11. The van der Waals surface area contributed by atoms with Crippen LogP contribution in [0.25, 0.3) is 0 Å². The lowest BCUT2D eigenvalue weighted by atomic mass is 9.97. The van der Waals surface area contributed by atoms with Crippen LogP contribution in [0.1, 0.15) is 34.0 Å². The number of rotatable bonds is 8. The number of ether oxygens (including phenoxy) is 1. The molecule has 0 saturated carbocycles. The van der Waals surface area contributed by atoms with Gasteiger partial charge in [-0.05, 0) is 57.2 Å². The number of amides is 1. The van der Waals surface area contributed by atoms with Crippen LogP contribution in [0.4, 0.5) is 0 Å². The molecule has 29 heavy (non-hydrogen) atoms. The van der Waals surface area contributed by atoms with Crippen molar-refractivity contribution in [2.75, 3.05) is 40.3 Å². The van der Waals surface area contributed by atoms with Crippen molar-refractivity contribution < 1.29 is 9.53 Å². The Bertz CT molecular complexity index is 820. The number of hydrogen-bond donors (Lipinski definition) is 0. The summed E-state index contributed by atoms with van der Waals surface area (Å²) in [6.07, 6.45) is 3.86. The highest BCUT2D eigenvalue weighted by Gasteiger charge is 2.23. The first-order valence-corrected chi connectivity index (χ1v) is 11.3. The Balaban J connectivity index is 1.48. The van der Waals surface area contributed by atoms with Crippen LogP contribution in [0.2, 0.25) is 0 Å². The molecule has 0 N–H and O–H groups in total. The van der Waals surface area contributed by atoms with E-state index in [0.717, 1.165) is 53.9 Å². The third-order valence-corrected chi connectivity index (χ3v) is 6.84. The van der Waals surface area contributed by atoms with E-state index in [1.807, 2.05) is 37.9 Å². The van der Waals surface area contributed by atoms with Gasteiger partial charge in [0.2, 0.25) is 5.91 Å². The fourth-order valence-electron chi connectivity index (χ4n) is 4.19. The second kappa shape index (κ2) is 10.2. The molecule has 2 aromatic rings. The van der Waals surface area contributed by atoms with Gasteiger partial charge < -0.3 is 14.5 Å². The minimum atomic E-state index is 0.197. The zero-order chi connectivity index (χ0) is 20.8. The van der Waals surface area contributed by atoms with Crippen LogP contribution in [0, 0.1) is 19.8 Å². The van der Waals surface area contributed by atoms with Crippen LogP contribution >= 0.6 is 11.3 Å². The zero-order valence-corrected chi connectivity index (χ0v) is 18.9. The van der Waals surface area contributed by atoms with Crippen molar-refractivity contribution in [1.29, 1.82) is 0 Å². The van der Waals surface area contributed by atoms with Crippen molar-refractivity contribution in [2.24, 2.45) is 5.92 Å². The Hall–Kier alpha value is -1.92. The van der Waals surface area contributed by atoms with Crippen LogP contribution in [0.15, 0.2) is 24.3 Å². The average Bonchev–Trinajstić information content (AvgIpc) is 3.03. The smallest absolute Gasteiger partial charge is 0.227 e. The Labute approximate surface area is 178 Å². The topological polar surface area (TPSA) is 45.7 Å². The van der Waals surface area contributed by atoms with E-state index < -0.39 is 0 Å². The molecule has 3 rings (SSSR count). The second-order valence-corrected chi connectivity index (χ2v) is 9.35. The number of benzene rings is 1. The first-order valence-electron chi connectivity index (χ1n) is 10.5. The van der Waals surface area contributed by atoms with E-state index in [2.05, 4.69) is 22.0 Å². The van der Waals surface area contributed by atoms with Crippen molar-refractivity contribution in [3.8, 4) is 5.75 Å². The maximum Gasteiger partial charge on any atom is 0.227 e. The van der Waals surface area contributed by atoms with Crippen LogP contribution in [0.3, 0.4) is 0 Å². The highest BCUT2D eigenvalue weighted by Crippen LogP contribution is 2.22. The molecule has 0 aliphatic carbocycles. The van der Waals surface area contributed by atoms with Gasteiger partial charge in [-0.3, -0.25) is 4.79 Å². The number of thiazole rings is 1. The number of aromatic nitrogens is 1. The van der Waals surface area contributed by atoms with Crippen LogP contribution < -0.4 is 4.74 Å². The maximum absolute atomic E-state index is 12.7. The first kappa shape index (κ1) is 21.8. The Morgan fingerprint density at radius 3 is 2.86 bits per heavy atom. The number of para-hydroxylation sites is 1. The minimum absolute atomic E-state index is 0.197. The molecule has 1 aliphatic heterocycles. The number of nitrogens with zero attached hydrogens (tertiary/aromatic N) is 3. The number of likely N-dealkylation sites (tertiary alicyclic amines) is 1. The fourth-order valence-corrected chi connectivity index (χ4v) is 5.12. The summed E-state index contributed by atoms with van der Waals surface area (Å²) in [7, 11) is 3.68. The van der Waals surface area contributed by atoms with E-state index in [0.29, 0.717) is 12.3 Å². The second-order valence-electron chi connectivity index (χ2n) is 8.06. The summed E-state index contributed by atoms with van der Waals surface area (Å²) < 4.78 is 5.48.